The molecule has 1 aromatic heterocycles. The van der Waals surface area contributed by atoms with Crippen LogP contribution in [-0.4, -0.2) is 46.6 Å². The van der Waals surface area contributed by atoms with Gasteiger partial charge in [0.1, 0.15) is 17.9 Å². The molecular weight excluding hydrogens is 387 g/mol. The fraction of sp³-hybridized carbons (Fsp3) is 0.421. The maximum absolute atomic E-state index is 13.6. The quantitative estimate of drug-likeness (QED) is 0.761. The maximum atomic E-state index is 13.6. The van der Waals surface area contributed by atoms with Gasteiger partial charge in [-0.3, -0.25) is 0 Å². The van der Waals surface area contributed by atoms with Crippen LogP contribution in [0, 0.1) is 11.7 Å². The lowest BCUT2D eigenvalue weighted by atomic mass is 9.95. The van der Waals surface area contributed by atoms with E-state index in [2.05, 4.69) is 15.3 Å². The van der Waals surface area contributed by atoms with Gasteiger partial charge in [-0.15, -0.1) is 0 Å². The summed E-state index contributed by atoms with van der Waals surface area (Å²) < 4.78 is 18.4. The Morgan fingerprint density at radius 1 is 1.43 bits per heavy atom. The van der Waals surface area contributed by atoms with E-state index in [0.29, 0.717) is 24.2 Å². The summed E-state index contributed by atoms with van der Waals surface area (Å²) in [4.78, 5) is 34.1. The minimum Gasteiger partial charge on any atom is -0.467 e. The number of nitrogens with one attached hydrogen (secondary N) is 2. The van der Waals surface area contributed by atoms with Gasteiger partial charge in [-0.2, -0.15) is 0 Å². The summed E-state index contributed by atoms with van der Waals surface area (Å²) in [6.07, 6.45) is 2.15. The van der Waals surface area contributed by atoms with E-state index in [1.807, 2.05) is 13.8 Å². The smallest absolute Gasteiger partial charge is 0.328 e. The minimum absolute atomic E-state index is 0.0323. The Morgan fingerprint density at radius 3 is 2.82 bits per heavy atom. The molecule has 7 nitrogen and oxygen atoms in total. The number of nitrogens with zero attached hydrogens (tertiary/aromatic N) is 2. The van der Waals surface area contributed by atoms with Gasteiger partial charge in [0, 0.05) is 18.7 Å². The number of rotatable bonds is 4. The third-order valence-corrected chi connectivity index (χ3v) is 5.14. The van der Waals surface area contributed by atoms with Gasteiger partial charge in [0.2, 0.25) is 0 Å². The third kappa shape index (κ3) is 3.82. The number of aromatic amines is 1. The van der Waals surface area contributed by atoms with Crippen molar-refractivity contribution in [1.82, 2.24) is 20.2 Å². The van der Waals surface area contributed by atoms with Gasteiger partial charge < -0.3 is 19.9 Å². The number of aromatic nitrogens is 2. The molecule has 2 aromatic rings. The Kier molecular flexibility index (Phi) is 5.88. The van der Waals surface area contributed by atoms with Crippen molar-refractivity contribution in [2.75, 3.05) is 13.7 Å². The molecule has 0 saturated carbocycles. The average Bonchev–Trinajstić information content (AvgIpc) is 3.15. The van der Waals surface area contributed by atoms with Crippen molar-refractivity contribution in [3.8, 4) is 0 Å². The van der Waals surface area contributed by atoms with Gasteiger partial charge in [0.15, 0.2) is 0 Å². The van der Waals surface area contributed by atoms with Gasteiger partial charge in [0.05, 0.1) is 24.2 Å². The maximum Gasteiger partial charge on any atom is 0.328 e. The van der Waals surface area contributed by atoms with Crippen LogP contribution in [0.3, 0.4) is 0 Å². The Labute approximate surface area is 167 Å². The van der Waals surface area contributed by atoms with E-state index in [4.69, 9.17) is 16.3 Å². The van der Waals surface area contributed by atoms with Crippen molar-refractivity contribution < 1.29 is 18.7 Å². The number of imidazole rings is 1. The fourth-order valence-electron chi connectivity index (χ4n) is 3.36. The number of esters is 1. The molecule has 2 amide bonds. The summed E-state index contributed by atoms with van der Waals surface area (Å²) in [5.74, 6) is -1.20. The zero-order valence-electron chi connectivity index (χ0n) is 15.8. The average molecular weight is 409 g/mol. The number of halogens is 2. The fourth-order valence-corrected chi connectivity index (χ4v) is 3.55. The number of methoxy groups -OCH3 is 1. The zero-order chi connectivity index (χ0) is 20.4. The van der Waals surface area contributed by atoms with Crippen LogP contribution in [0.4, 0.5) is 9.18 Å². The van der Waals surface area contributed by atoms with Crippen molar-refractivity contribution in [3.05, 3.63) is 52.3 Å². The molecule has 0 spiro atoms. The van der Waals surface area contributed by atoms with Crippen LogP contribution in [0.5, 0.6) is 0 Å². The van der Waals surface area contributed by atoms with Gasteiger partial charge in [0.25, 0.3) is 0 Å². The van der Waals surface area contributed by atoms with E-state index >= 15 is 0 Å². The zero-order valence-corrected chi connectivity index (χ0v) is 16.6. The summed E-state index contributed by atoms with van der Waals surface area (Å²) in [7, 11) is 1.28. The normalized spacial score (nSPS) is 17.2. The number of ether oxygens (including phenoxy) is 1. The summed E-state index contributed by atoms with van der Waals surface area (Å²) in [6.45, 7) is 4.04. The highest BCUT2D eigenvalue weighted by Gasteiger charge is 2.36. The largest absolute Gasteiger partial charge is 0.467 e. The number of amides is 2. The van der Waals surface area contributed by atoms with Gasteiger partial charge in [-0.05, 0) is 23.6 Å². The van der Waals surface area contributed by atoms with Gasteiger partial charge >= 0.3 is 12.0 Å². The predicted octanol–water partition coefficient (Wildman–Crippen LogP) is 3.06. The Hall–Kier alpha value is -2.61. The first-order valence-corrected chi connectivity index (χ1v) is 9.33. The van der Waals surface area contributed by atoms with E-state index < -0.39 is 29.9 Å². The Bertz CT molecular complexity index is 886. The van der Waals surface area contributed by atoms with E-state index in [1.165, 1.54) is 19.2 Å². The standard InChI is InChI=1S/C19H22ClFN4O3/c1-10(2)15(18(26)28-3)24-19(27)25-7-6-14-16(23-9-22-14)17(25)11-4-5-13(21)12(20)8-11/h4-5,8-10,15,17H,6-7H2,1-3H3,(H,22,23)(H,24,27)/t15-,17-/m0/s1. The lowest BCUT2D eigenvalue weighted by Gasteiger charge is -2.36. The minimum atomic E-state index is -0.782. The van der Waals surface area contributed by atoms with E-state index in [1.54, 1.807) is 17.3 Å². The highest BCUT2D eigenvalue weighted by atomic mass is 35.5. The number of H-pyrrole nitrogens is 1. The highest BCUT2D eigenvalue weighted by Crippen LogP contribution is 2.35. The summed E-state index contributed by atoms with van der Waals surface area (Å²) in [5, 5.41) is 2.72. The number of carbonyl (C=O) groups excluding carboxylic acids is 2. The van der Waals surface area contributed by atoms with Crippen molar-refractivity contribution in [2.24, 2.45) is 5.92 Å². The topological polar surface area (TPSA) is 87.3 Å². The molecule has 0 radical (unpaired) electrons. The lowest BCUT2D eigenvalue weighted by molar-refractivity contribution is -0.144. The first kappa shape index (κ1) is 20.1. The predicted molar refractivity (Wildman–Crippen MR) is 101 cm³/mol. The molecule has 0 saturated heterocycles. The van der Waals surface area contributed by atoms with Crippen molar-refractivity contribution in [2.45, 2.75) is 32.4 Å². The Morgan fingerprint density at radius 2 is 2.18 bits per heavy atom. The molecule has 2 N–H and O–H groups in total. The van der Waals surface area contributed by atoms with Crippen molar-refractivity contribution in [1.29, 1.82) is 0 Å². The molecule has 9 heteroatoms. The molecule has 0 fully saturated rings. The molecular formula is C19H22ClFN4O3. The van der Waals surface area contributed by atoms with Crippen molar-refractivity contribution in [3.63, 3.8) is 0 Å². The molecule has 1 aromatic carbocycles. The second-order valence-corrected chi connectivity index (χ2v) is 7.39. The molecule has 0 bridgehead atoms. The van der Waals surface area contributed by atoms with Crippen LogP contribution in [-0.2, 0) is 16.0 Å². The SMILES string of the molecule is COC(=O)[C@@H](NC(=O)N1CCc2[nH]cnc2[C@@H]1c1ccc(F)c(Cl)c1)C(C)C. The summed E-state index contributed by atoms with van der Waals surface area (Å²) in [5.41, 5.74) is 2.21. The number of carbonyl (C=O) groups is 2. The van der Waals surface area contributed by atoms with Crippen LogP contribution in [0.2, 0.25) is 5.02 Å². The molecule has 1 aliphatic rings. The molecule has 28 heavy (non-hydrogen) atoms. The van der Waals surface area contributed by atoms with Gasteiger partial charge in [-0.25, -0.2) is 19.0 Å². The van der Waals surface area contributed by atoms with Gasteiger partial charge in [-0.1, -0.05) is 31.5 Å². The molecule has 0 unspecified atom stereocenters. The monoisotopic (exact) mass is 408 g/mol. The van der Waals surface area contributed by atoms with Crippen LogP contribution < -0.4 is 5.32 Å². The second kappa shape index (κ2) is 8.18. The van der Waals surface area contributed by atoms with Crippen molar-refractivity contribution >= 4 is 23.6 Å². The van der Waals surface area contributed by atoms with Crippen LogP contribution in [0.25, 0.3) is 0 Å². The van der Waals surface area contributed by atoms with E-state index in [-0.39, 0.29) is 10.9 Å². The van der Waals surface area contributed by atoms with Crippen LogP contribution in [0.1, 0.15) is 36.8 Å². The number of fused-ring (bicyclic) bond motifs is 1. The van der Waals surface area contributed by atoms with E-state index in [0.717, 1.165) is 5.69 Å². The lowest BCUT2D eigenvalue weighted by Crippen LogP contribution is -2.53. The molecule has 0 aliphatic carbocycles. The highest BCUT2D eigenvalue weighted by molar-refractivity contribution is 6.30. The molecule has 150 valence electrons. The second-order valence-electron chi connectivity index (χ2n) is 6.98. The molecule has 1 aliphatic heterocycles. The van der Waals surface area contributed by atoms with E-state index in [9.17, 15) is 14.0 Å². The number of urea groups is 1. The summed E-state index contributed by atoms with van der Waals surface area (Å²) in [6, 6.07) is 2.57. The third-order valence-electron chi connectivity index (χ3n) is 4.85. The first-order valence-electron chi connectivity index (χ1n) is 8.95. The first-order chi connectivity index (χ1) is 13.3. The number of hydrogen-bond donors (Lipinski definition) is 2. The number of hydrogen-bond acceptors (Lipinski definition) is 4. The number of benzene rings is 1. The Balaban J connectivity index is 1.95. The van der Waals surface area contributed by atoms with Crippen LogP contribution in [0.15, 0.2) is 24.5 Å². The molecule has 2 atom stereocenters. The van der Waals surface area contributed by atoms with Crippen LogP contribution >= 0.6 is 11.6 Å². The summed E-state index contributed by atoms with van der Waals surface area (Å²) >= 11 is 5.96. The molecule has 3 rings (SSSR count). The molecule has 2 heterocycles.